The maximum Gasteiger partial charge on any atom is 0.303 e. The molecule has 2 nitrogen and oxygen atoms in total. The third-order valence-corrected chi connectivity index (χ3v) is 8.37. The number of rotatable bonds is 24. The van der Waals surface area contributed by atoms with Crippen molar-refractivity contribution in [3.63, 3.8) is 0 Å². The van der Waals surface area contributed by atoms with Crippen LogP contribution in [0.4, 0.5) is 0 Å². The molecule has 0 aliphatic heterocycles. The zero-order chi connectivity index (χ0) is 22.3. The van der Waals surface area contributed by atoms with Gasteiger partial charge in [-0.1, -0.05) is 128 Å². The Morgan fingerprint density at radius 3 is 1.00 bits per heavy atom. The van der Waals surface area contributed by atoms with E-state index >= 15 is 0 Å². The highest BCUT2D eigenvalue weighted by Gasteiger charge is 2.19. The van der Waals surface area contributed by atoms with Crippen LogP contribution in [0.25, 0.3) is 0 Å². The topological polar surface area (TPSA) is 37.3 Å². The van der Waals surface area contributed by atoms with E-state index in [9.17, 15) is 4.79 Å². The summed E-state index contributed by atoms with van der Waals surface area (Å²) < 4.78 is 0. The van der Waals surface area contributed by atoms with Crippen molar-refractivity contribution in [2.75, 3.05) is 0 Å². The van der Waals surface area contributed by atoms with Crippen LogP contribution in [0.3, 0.4) is 0 Å². The highest BCUT2D eigenvalue weighted by atomic mass is 35.7. The van der Waals surface area contributed by atoms with Gasteiger partial charge in [0.1, 0.15) is 0 Å². The van der Waals surface area contributed by atoms with Gasteiger partial charge in [0.2, 0.25) is 6.69 Å². The summed E-state index contributed by atoms with van der Waals surface area (Å²) in [6.07, 6.45) is 28.2. The molecule has 180 valence electrons. The smallest absolute Gasteiger partial charge is 0.303 e. The minimum absolute atomic E-state index is 0.339. The van der Waals surface area contributed by atoms with Crippen molar-refractivity contribution in [3.05, 3.63) is 0 Å². The zero-order valence-corrected chi connectivity index (χ0v) is 22.4. The summed E-state index contributed by atoms with van der Waals surface area (Å²) in [5.74, 6) is -0.655. The van der Waals surface area contributed by atoms with Crippen molar-refractivity contribution in [1.29, 1.82) is 0 Å². The van der Waals surface area contributed by atoms with Crippen molar-refractivity contribution in [1.82, 2.24) is 0 Å². The Hall–Kier alpha value is 0.267. The number of carboxylic acids is 1. The molecule has 0 atom stereocenters. The predicted molar refractivity (Wildman–Crippen MR) is 137 cm³/mol. The van der Waals surface area contributed by atoms with E-state index in [1.54, 1.807) is 0 Å². The van der Waals surface area contributed by atoms with Crippen LogP contribution < -0.4 is 0 Å². The molecule has 0 unspecified atom stereocenters. The SMILES string of the molecule is C[Si](Cl)(Cl)CCCCCCCCCCCCCCCCCCCCCCCC(=O)O. The maximum absolute atomic E-state index is 10.4. The van der Waals surface area contributed by atoms with Crippen LogP contribution in [0.5, 0.6) is 0 Å². The number of aliphatic carboxylic acids is 1. The van der Waals surface area contributed by atoms with Gasteiger partial charge in [-0.3, -0.25) is 4.79 Å². The number of halogens is 2. The van der Waals surface area contributed by atoms with Crippen LogP contribution in [0.15, 0.2) is 0 Å². The molecule has 0 aromatic rings. The Balaban J connectivity index is 3.04. The first-order valence-electron chi connectivity index (χ1n) is 13.0. The summed E-state index contributed by atoms with van der Waals surface area (Å²) in [6, 6.07) is 1.05. The lowest BCUT2D eigenvalue weighted by atomic mass is 10.0. The average Bonchev–Trinajstić information content (AvgIpc) is 2.67. The molecular formula is C25H50Cl2O2Si. The first-order chi connectivity index (χ1) is 14.4. The molecule has 0 aromatic carbocycles. The first-order valence-corrected chi connectivity index (χ1v) is 17.7. The summed E-state index contributed by atoms with van der Waals surface area (Å²) in [5, 5.41) is 8.59. The van der Waals surface area contributed by atoms with Crippen molar-refractivity contribution in [2.24, 2.45) is 0 Å². The van der Waals surface area contributed by atoms with E-state index in [0.717, 1.165) is 18.9 Å². The summed E-state index contributed by atoms with van der Waals surface area (Å²) in [7, 11) is 0. The van der Waals surface area contributed by atoms with Crippen molar-refractivity contribution < 1.29 is 9.90 Å². The lowest BCUT2D eigenvalue weighted by molar-refractivity contribution is -0.137. The molecule has 0 radical (unpaired) electrons. The highest BCUT2D eigenvalue weighted by Crippen LogP contribution is 2.23. The van der Waals surface area contributed by atoms with Crippen LogP contribution in [0, 0.1) is 0 Å². The fraction of sp³-hybridized carbons (Fsp3) is 0.960. The molecule has 5 heteroatoms. The third-order valence-electron chi connectivity index (χ3n) is 6.01. The molecular weight excluding hydrogens is 431 g/mol. The summed E-state index contributed by atoms with van der Waals surface area (Å²) in [4.78, 5) is 10.4. The second-order valence-corrected chi connectivity index (χ2v) is 17.6. The van der Waals surface area contributed by atoms with Gasteiger partial charge in [-0.25, -0.2) is 0 Å². The van der Waals surface area contributed by atoms with E-state index in [1.807, 2.05) is 6.55 Å². The normalized spacial score (nSPS) is 11.8. The number of hydrogen-bond donors (Lipinski definition) is 1. The Bertz CT molecular complexity index is 373. The fourth-order valence-electron chi connectivity index (χ4n) is 4.07. The van der Waals surface area contributed by atoms with Gasteiger partial charge >= 0.3 is 5.97 Å². The molecule has 0 aliphatic rings. The second kappa shape index (κ2) is 22.5. The Morgan fingerprint density at radius 2 is 0.767 bits per heavy atom. The molecule has 0 heterocycles. The molecule has 0 saturated carbocycles. The number of hydrogen-bond acceptors (Lipinski definition) is 1. The summed E-state index contributed by atoms with van der Waals surface area (Å²) >= 11 is 12.3. The molecule has 0 aromatic heterocycles. The van der Waals surface area contributed by atoms with E-state index in [1.165, 1.54) is 122 Å². The third kappa shape index (κ3) is 28.3. The lowest BCUT2D eigenvalue weighted by Crippen LogP contribution is -2.11. The summed E-state index contributed by atoms with van der Waals surface area (Å²) in [5.41, 5.74) is 0. The molecule has 0 rings (SSSR count). The minimum atomic E-state index is -1.85. The molecule has 0 aliphatic carbocycles. The molecule has 1 N–H and O–H groups in total. The quantitative estimate of drug-likeness (QED) is 0.0845. The first kappa shape index (κ1) is 30.3. The average molecular weight is 482 g/mol. The van der Waals surface area contributed by atoms with Gasteiger partial charge < -0.3 is 5.11 Å². The van der Waals surface area contributed by atoms with Crippen LogP contribution in [0.1, 0.15) is 141 Å². The van der Waals surface area contributed by atoms with Gasteiger partial charge in [0.25, 0.3) is 0 Å². The molecule has 0 spiro atoms. The molecule has 0 saturated heterocycles. The van der Waals surface area contributed by atoms with Gasteiger partial charge in [0.05, 0.1) is 0 Å². The molecule has 30 heavy (non-hydrogen) atoms. The summed E-state index contributed by atoms with van der Waals surface area (Å²) in [6.45, 7) is 0.178. The number of unbranched alkanes of at least 4 members (excludes halogenated alkanes) is 20. The Morgan fingerprint density at radius 1 is 0.533 bits per heavy atom. The predicted octanol–water partition coefficient (Wildman–Crippen LogP) is 10.2. The van der Waals surface area contributed by atoms with Crippen LogP contribution >= 0.6 is 22.2 Å². The van der Waals surface area contributed by atoms with Gasteiger partial charge in [-0.05, 0) is 19.0 Å². The van der Waals surface area contributed by atoms with E-state index < -0.39 is 12.7 Å². The number of carboxylic acid groups (broad SMARTS) is 1. The highest BCUT2D eigenvalue weighted by molar-refractivity contribution is 7.44. The Kier molecular flexibility index (Phi) is 22.7. The van der Waals surface area contributed by atoms with Crippen LogP contribution in [0.2, 0.25) is 12.6 Å². The van der Waals surface area contributed by atoms with Crippen molar-refractivity contribution in [3.8, 4) is 0 Å². The zero-order valence-electron chi connectivity index (χ0n) is 19.9. The molecule has 0 amide bonds. The van der Waals surface area contributed by atoms with E-state index in [4.69, 9.17) is 27.3 Å². The minimum Gasteiger partial charge on any atom is -0.481 e. The van der Waals surface area contributed by atoms with Crippen LogP contribution in [-0.4, -0.2) is 17.8 Å². The lowest BCUT2D eigenvalue weighted by Gasteiger charge is -2.09. The van der Waals surface area contributed by atoms with Gasteiger partial charge in [0.15, 0.2) is 0 Å². The van der Waals surface area contributed by atoms with E-state index in [2.05, 4.69) is 0 Å². The van der Waals surface area contributed by atoms with Crippen LogP contribution in [-0.2, 0) is 4.79 Å². The standard InChI is InChI=1S/C25H50Cl2O2Si/c1-30(26,27)24-22-20-18-16-14-12-10-8-6-4-2-3-5-7-9-11-13-15-17-19-21-23-25(28)29/h2-24H2,1H3,(H,28,29). The number of carbonyl (C=O) groups is 1. The van der Waals surface area contributed by atoms with Crippen molar-refractivity contribution >= 4 is 34.8 Å². The van der Waals surface area contributed by atoms with Crippen molar-refractivity contribution in [2.45, 2.75) is 154 Å². The fourth-order valence-corrected chi connectivity index (χ4v) is 5.74. The Labute approximate surface area is 198 Å². The van der Waals surface area contributed by atoms with Gasteiger partial charge in [-0.2, -0.15) is 0 Å². The maximum atomic E-state index is 10.4. The monoisotopic (exact) mass is 480 g/mol. The van der Waals surface area contributed by atoms with E-state index in [-0.39, 0.29) is 0 Å². The largest absolute Gasteiger partial charge is 0.481 e. The molecule has 0 bridgehead atoms. The molecule has 0 fully saturated rings. The van der Waals surface area contributed by atoms with E-state index in [0.29, 0.717) is 6.42 Å². The van der Waals surface area contributed by atoms with Gasteiger partial charge in [0, 0.05) is 6.42 Å². The van der Waals surface area contributed by atoms with Gasteiger partial charge in [-0.15, -0.1) is 22.2 Å². The second-order valence-electron chi connectivity index (χ2n) is 9.39.